The second kappa shape index (κ2) is 5.21. The fourth-order valence-electron chi connectivity index (χ4n) is 2.70. The van der Waals surface area contributed by atoms with Crippen molar-refractivity contribution in [1.29, 1.82) is 0 Å². The van der Waals surface area contributed by atoms with Gasteiger partial charge in [-0.1, -0.05) is 24.6 Å². The van der Waals surface area contributed by atoms with E-state index >= 15 is 0 Å². The Bertz CT molecular complexity index is 477. The number of aliphatic carboxylic acids is 1. The fourth-order valence-corrected chi connectivity index (χ4v) is 2.70. The topological polar surface area (TPSA) is 55.8 Å². The van der Waals surface area contributed by atoms with E-state index in [1.165, 1.54) is 0 Å². The van der Waals surface area contributed by atoms with Crippen molar-refractivity contribution in [2.75, 3.05) is 20.3 Å². The Morgan fingerprint density at radius 2 is 2.21 bits per heavy atom. The number of hydrogen-bond acceptors (Lipinski definition) is 3. The fraction of sp³-hybridized carbons (Fsp3) is 0.533. The highest BCUT2D eigenvalue weighted by molar-refractivity contribution is 5.67. The maximum Gasteiger partial charge on any atom is 0.303 e. The third-order valence-corrected chi connectivity index (χ3v) is 4.03. The number of methoxy groups -OCH3 is 1. The molecule has 1 aromatic carbocycles. The molecule has 0 saturated carbocycles. The van der Waals surface area contributed by atoms with E-state index < -0.39 is 5.97 Å². The normalized spacial score (nSPS) is 18.5. The molecule has 0 radical (unpaired) electrons. The lowest BCUT2D eigenvalue weighted by Gasteiger charge is -2.46. The highest BCUT2D eigenvalue weighted by Gasteiger charge is 2.47. The lowest BCUT2D eigenvalue weighted by Crippen LogP contribution is -2.52. The van der Waals surface area contributed by atoms with Crippen LogP contribution in [-0.2, 0) is 14.9 Å². The molecule has 1 aromatic rings. The van der Waals surface area contributed by atoms with Crippen LogP contribution in [-0.4, -0.2) is 31.4 Å². The molecule has 1 fully saturated rings. The van der Waals surface area contributed by atoms with Crippen LogP contribution in [0.3, 0.4) is 0 Å². The molecule has 0 amide bonds. The van der Waals surface area contributed by atoms with E-state index in [9.17, 15) is 4.79 Å². The Balaban J connectivity index is 2.40. The van der Waals surface area contributed by atoms with E-state index in [0.717, 1.165) is 16.9 Å². The first kappa shape index (κ1) is 13.9. The summed E-state index contributed by atoms with van der Waals surface area (Å²) in [5, 5.41) is 9.02. The summed E-state index contributed by atoms with van der Waals surface area (Å²) in [6.45, 7) is 5.11. The van der Waals surface area contributed by atoms with Crippen molar-refractivity contribution in [2.24, 2.45) is 5.92 Å². The van der Waals surface area contributed by atoms with Crippen molar-refractivity contribution in [2.45, 2.75) is 25.7 Å². The van der Waals surface area contributed by atoms with E-state index in [-0.39, 0.29) is 17.8 Å². The van der Waals surface area contributed by atoms with Crippen LogP contribution in [0.5, 0.6) is 5.75 Å². The van der Waals surface area contributed by atoms with Crippen LogP contribution in [0.1, 0.15) is 24.5 Å². The number of hydrogen-bond donors (Lipinski definition) is 1. The number of carbonyl (C=O) groups is 1. The Morgan fingerprint density at radius 1 is 1.53 bits per heavy atom. The van der Waals surface area contributed by atoms with Gasteiger partial charge in [0.25, 0.3) is 0 Å². The maximum absolute atomic E-state index is 11.0. The zero-order chi connectivity index (χ0) is 14.0. The van der Waals surface area contributed by atoms with E-state index in [1.807, 2.05) is 26.0 Å². The maximum atomic E-state index is 11.0. The van der Waals surface area contributed by atoms with Crippen LogP contribution < -0.4 is 4.74 Å². The van der Waals surface area contributed by atoms with Crippen LogP contribution in [0.2, 0.25) is 0 Å². The lowest BCUT2D eigenvalue weighted by molar-refractivity contribution is -0.142. The molecule has 1 saturated heterocycles. The molecule has 0 aliphatic carbocycles. The predicted molar refractivity (Wildman–Crippen MR) is 71.6 cm³/mol. The van der Waals surface area contributed by atoms with Gasteiger partial charge in [-0.3, -0.25) is 4.79 Å². The van der Waals surface area contributed by atoms with Gasteiger partial charge in [-0.2, -0.15) is 0 Å². The summed E-state index contributed by atoms with van der Waals surface area (Å²) in [5.41, 5.74) is 1.97. The van der Waals surface area contributed by atoms with Gasteiger partial charge < -0.3 is 14.6 Å². The van der Waals surface area contributed by atoms with Gasteiger partial charge in [-0.15, -0.1) is 0 Å². The van der Waals surface area contributed by atoms with E-state index in [0.29, 0.717) is 13.2 Å². The van der Waals surface area contributed by atoms with Crippen molar-refractivity contribution in [3.63, 3.8) is 0 Å². The lowest BCUT2D eigenvalue weighted by atomic mass is 9.67. The van der Waals surface area contributed by atoms with Crippen LogP contribution in [0.15, 0.2) is 18.2 Å². The van der Waals surface area contributed by atoms with Gasteiger partial charge in [0.05, 0.1) is 20.3 Å². The quantitative estimate of drug-likeness (QED) is 0.887. The molecule has 1 unspecified atom stereocenters. The third-order valence-electron chi connectivity index (χ3n) is 4.03. The SMILES string of the molecule is COc1ccc(C)cc1C1(C(C)CC(=O)O)COC1. The minimum Gasteiger partial charge on any atom is -0.496 e. The highest BCUT2D eigenvalue weighted by atomic mass is 16.5. The van der Waals surface area contributed by atoms with Crippen LogP contribution in [0, 0.1) is 12.8 Å². The van der Waals surface area contributed by atoms with Gasteiger partial charge in [0.15, 0.2) is 0 Å². The van der Waals surface area contributed by atoms with Gasteiger partial charge in [0, 0.05) is 17.4 Å². The Hall–Kier alpha value is -1.55. The first-order valence-corrected chi connectivity index (χ1v) is 6.44. The molecule has 19 heavy (non-hydrogen) atoms. The third kappa shape index (κ3) is 2.45. The molecule has 2 rings (SSSR count). The smallest absolute Gasteiger partial charge is 0.303 e. The summed E-state index contributed by atoms with van der Waals surface area (Å²) in [7, 11) is 1.64. The molecule has 1 N–H and O–H groups in total. The average molecular weight is 264 g/mol. The minimum atomic E-state index is -0.773. The van der Waals surface area contributed by atoms with Crippen molar-refractivity contribution in [3.8, 4) is 5.75 Å². The summed E-state index contributed by atoms with van der Waals surface area (Å²) in [4.78, 5) is 11.0. The number of rotatable bonds is 5. The van der Waals surface area contributed by atoms with Gasteiger partial charge in [0.1, 0.15) is 5.75 Å². The molecule has 104 valence electrons. The summed E-state index contributed by atoms with van der Waals surface area (Å²) < 4.78 is 10.8. The summed E-state index contributed by atoms with van der Waals surface area (Å²) in [5.74, 6) is 0.0472. The van der Waals surface area contributed by atoms with Gasteiger partial charge in [0.2, 0.25) is 0 Å². The average Bonchev–Trinajstić information content (AvgIpc) is 2.26. The standard InChI is InChI=1S/C15H20O4/c1-10-4-5-13(18-3)12(6-10)15(8-19-9-15)11(2)7-14(16)17/h4-6,11H,7-9H2,1-3H3,(H,16,17). The largest absolute Gasteiger partial charge is 0.496 e. The first-order valence-electron chi connectivity index (χ1n) is 6.44. The molecular formula is C15H20O4. The number of carboxylic acids is 1. The molecule has 1 heterocycles. The zero-order valence-electron chi connectivity index (χ0n) is 11.6. The van der Waals surface area contributed by atoms with Crippen LogP contribution >= 0.6 is 0 Å². The van der Waals surface area contributed by atoms with Crippen LogP contribution in [0.25, 0.3) is 0 Å². The molecule has 1 aliphatic heterocycles. The number of aryl methyl sites for hydroxylation is 1. The monoisotopic (exact) mass is 264 g/mol. The van der Waals surface area contributed by atoms with Gasteiger partial charge in [-0.25, -0.2) is 0 Å². The Labute approximate surface area is 113 Å². The second-order valence-corrected chi connectivity index (χ2v) is 5.35. The molecular weight excluding hydrogens is 244 g/mol. The number of benzene rings is 1. The van der Waals surface area contributed by atoms with Crippen LogP contribution in [0.4, 0.5) is 0 Å². The van der Waals surface area contributed by atoms with E-state index in [1.54, 1.807) is 7.11 Å². The van der Waals surface area contributed by atoms with E-state index in [2.05, 4.69) is 6.07 Å². The second-order valence-electron chi connectivity index (χ2n) is 5.35. The first-order chi connectivity index (χ1) is 8.99. The van der Waals surface area contributed by atoms with Crippen molar-refractivity contribution < 1.29 is 19.4 Å². The number of carboxylic acid groups (broad SMARTS) is 1. The van der Waals surface area contributed by atoms with Crippen molar-refractivity contribution >= 4 is 5.97 Å². The molecule has 0 aromatic heterocycles. The van der Waals surface area contributed by atoms with Gasteiger partial charge >= 0.3 is 5.97 Å². The molecule has 1 aliphatic rings. The van der Waals surface area contributed by atoms with Gasteiger partial charge in [-0.05, 0) is 18.9 Å². The van der Waals surface area contributed by atoms with Crippen molar-refractivity contribution in [3.05, 3.63) is 29.3 Å². The molecule has 4 nitrogen and oxygen atoms in total. The minimum absolute atomic E-state index is 0.00875. The molecule has 4 heteroatoms. The molecule has 0 spiro atoms. The van der Waals surface area contributed by atoms with Crippen molar-refractivity contribution in [1.82, 2.24) is 0 Å². The molecule has 0 bridgehead atoms. The number of ether oxygens (including phenoxy) is 2. The predicted octanol–water partition coefficient (Wildman–Crippen LogP) is 2.38. The van der Waals surface area contributed by atoms with E-state index in [4.69, 9.17) is 14.6 Å². The summed E-state index contributed by atoms with van der Waals surface area (Å²) >= 11 is 0. The summed E-state index contributed by atoms with van der Waals surface area (Å²) in [6.07, 6.45) is 0.139. The summed E-state index contributed by atoms with van der Waals surface area (Å²) in [6, 6.07) is 6.02. The highest BCUT2D eigenvalue weighted by Crippen LogP contribution is 2.45. The Morgan fingerprint density at radius 3 is 2.68 bits per heavy atom. The zero-order valence-corrected chi connectivity index (χ0v) is 11.6. The Kier molecular flexibility index (Phi) is 3.80. The molecule has 1 atom stereocenters.